The van der Waals surface area contributed by atoms with Crippen LogP contribution in [-0.4, -0.2) is 51.9 Å². The van der Waals surface area contributed by atoms with Gasteiger partial charge in [-0.3, -0.25) is 14.8 Å². The number of rotatable bonds is 4. The molecule has 0 saturated carbocycles. The summed E-state index contributed by atoms with van der Waals surface area (Å²) in [5.74, 6) is -1.75. The van der Waals surface area contributed by atoms with Gasteiger partial charge in [0.05, 0.1) is 0 Å². The topological polar surface area (TPSA) is 69.6 Å². The summed E-state index contributed by atoms with van der Waals surface area (Å²) in [6.07, 6.45) is -12.3. The molecule has 1 aliphatic heterocycles. The number of alkyl halides is 7. The number of halogens is 7. The zero-order valence-electron chi connectivity index (χ0n) is 13.1. The molecule has 1 atom stereocenters. The van der Waals surface area contributed by atoms with Gasteiger partial charge in [0, 0.05) is 17.0 Å². The average Bonchev–Trinajstić information content (AvgIpc) is 2.51. The first-order valence-corrected chi connectivity index (χ1v) is 8.00. The first-order chi connectivity index (χ1) is 12.3. The van der Waals surface area contributed by atoms with Crippen LogP contribution in [0.25, 0.3) is 0 Å². The highest BCUT2D eigenvalue weighted by atomic mass is 32.2. The highest BCUT2D eigenvalue weighted by molar-refractivity contribution is 8.00. The Morgan fingerprint density at radius 3 is 2.15 bits per heavy atom. The van der Waals surface area contributed by atoms with Crippen molar-refractivity contribution in [3.05, 3.63) is 29.8 Å². The number of hydroxylamine groups is 1. The van der Waals surface area contributed by atoms with Gasteiger partial charge in [-0.15, -0.1) is 0 Å². The Labute approximate surface area is 151 Å². The van der Waals surface area contributed by atoms with Crippen molar-refractivity contribution in [1.82, 2.24) is 10.4 Å². The molecule has 5 nitrogen and oxygen atoms in total. The van der Waals surface area contributed by atoms with Gasteiger partial charge in [0.2, 0.25) is 0 Å². The van der Waals surface area contributed by atoms with Crippen molar-refractivity contribution in [3.8, 4) is 0 Å². The lowest BCUT2D eigenvalue weighted by atomic mass is 10.0. The molecule has 0 aromatic heterocycles. The number of likely N-dealkylation sites (tertiary alicyclic amines) is 1. The van der Waals surface area contributed by atoms with Crippen molar-refractivity contribution in [2.45, 2.75) is 34.7 Å². The molecule has 1 saturated heterocycles. The molecule has 0 spiro atoms. The molecule has 1 aromatic rings. The fourth-order valence-corrected chi connectivity index (χ4v) is 3.16. The number of hydrogen-bond donors (Lipinski definition) is 2. The van der Waals surface area contributed by atoms with E-state index in [0.717, 1.165) is 23.1 Å². The molecule has 1 fully saturated rings. The molecule has 1 unspecified atom stereocenters. The molecule has 1 heterocycles. The van der Waals surface area contributed by atoms with Crippen molar-refractivity contribution in [2.24, 2.45) is 0 Å². The van der Waals surface area contributed by atoms with Crippen molar-refractivity contribution < 1.29 is 45.5 Å². The molecular formula is C14H11F7N2O3S. The number of benzene rings is 1. The van der Waals surface area contributed by atoms with Gasteiger partial charge in [-0.05, 0) is 24.6 Å². The maximum absolute atomic E-state index is 13.8. The largest absolute Gasteiger partial charge is 0.441 e. The van der Waals surface area contributed by atoms with Crippen LogP contribution in [0, 0.1) is 0 Å². The van der Waals surface area contributed by atoms with Crippen LogP contribution in [0.2, 0.25) is 0 Å². The Hall–Kier alpha value is -2.02. The van der Waals surface area contributed by atoms with Gasteiger partial charge < -0.3 is 4.90 Å². The van der Waals surface area contributed by atoms with Crippen molar-refractivity contribution in [3.63, 3.8) is 0 Å². The van der Waals surface area contributed by atoms with Crippen LogP contribution in [0.3, 0.4) is 0 Å². The smallest absolute Gasteiger partial charge is 0.326 e. The molecular weight excluding hydrogens is 409 g/mol. The maximum atomic E-state index is 13.8. The predicted molar refractivity (Wildman–Crippen MR) is 77.6 cm³/mol. The fraction of sp³-hybridized carbons (Fsp3) is 0.429. The minimum atomic E-state index is -6.24. The molecule has 150 valence electrons. The van der Waals surface area contributed by atoms with Crippen LogP contribution in [0.4, 0.5) is 30.7 Å². The van der Waals surface area contributed by atoms with Crippen LogP contribution >= 0.6 is 11.8 Å². The maximum Gasteiger partial charge on any atom is 0.441 e. The Morgan fingerprint density at radius 2 is 1.70 bits per heavy atom. The van der Waals surface area contributed by atoms with E-state index in [2.05, 4.69) is 0 Å². The van der Waals surface area contributed by atoms with Crippen LogP contribution in [-0.2, 0) is 4.79 Å². The van der Waals surface area contributed by atoms with E-state index in [4.69, 9.17) is 5.21 Å². The fourth-order valence-electron chi connectivity index (χ4n) is 2.27. The van der Waals surface area contributed by atoms with Gasteiger partial charge in [-0.1, -0.05) is 17.8 Å². The summed E-state index contributed by atoms with van der Waals surface area (Å²) in [6, 6.07) is 2.53. The zero-order chi connectivity index (χ0) is 20.6. The summed E-state index contributed by atoms with van der Waals surface area (Å²) in [7, 11) is 0. The molecule has 27 heavy (non-hydrogen) atoms. The standard InChI is InChI=1S/C14H11F7N2O3S/c15-12(13(16,17)18,14(19,20)21)27-8-3-1-2-7(6-8)11(25)23-5-4-9(23)10(24)22-26/h1-3,6,9,26H,4-5H2,(H,22,24). The van der Waals surface area contributed by atoms with E-state index >= 15 is 0 Å². The third kappa shape index (κ3) is 3.98. The normalized spacial score (nSPS) is 18.1. The highest BCUT2D eigenvalue weighted by Crippen LogP contribution is 2.55. The SMILES string of the molecule is O=C(NO)C1CCN1C(=O)c1cccc(SC(F)(C(F)(F)F)C(F)(F)F)c1. The first-order valence-electron chi connectivity index (χ1n) is 7.18. The highest BCUT2D eigenvalue weighted by Gasteiger charge is 2.73. The van der Waals surface area contributed by atoms with Crippen LogP contribution in [0.5, 0.6) is 0 Å². The lowest BCUT2D eigenvalue weighted by molar-refractivity contribution is -0.302. The minimum absolute atomic E-state index is 0.0897. The Morgan fingerprint density at radius 1 is 1.11 bits per heavy atom. The summed E-state index contributed by atoms with van der Waals surface area (Å²) in [4.78, 5) is 23.8. The summed E-state index contributed by atoms with van der Waals surface area (Å²) < 4.78 is 89.8. The van der Waals surface area contributed by atoms with Crippen molar-refractivity contribution in [1.29, 1.82) is 0 Å². The van der Waals surface area contributed by atoms with E-state index in [0.29, 0.717) is 6.07 Å². The molecule has 2 rings (SSSR count). The summed E-state index contributed by atoms with van der Waals surface area (Å²) in [5.41, 5.74) is 1.01. The van der Waals surface area contributed by atoms with Gasteiger partial charge >= 0.3 is 17.4 Å². The van der Waals surface area contributed by atoms with Gasteiger partial charge in [-0.25, -0.2) is 9.87 Å². The molecule has 0 aliphatic carbocycles. The lowest BCUT2D eigenvalue weighted by Crippen LogP contribution is -2.57. The molecule has 0 radical (unpaired) electrons. The van der Waals surface area contributed by atoms with Gasteiger partial charge in [-0.2, -0.15) is 26.3 Å². The van der Waals surface area contributed by atoms with Gasteiger partial charge in [0.25, 0.3) is 11.8 Å². The predicted octanol–water partition coefficient (Wildman–Crippen LogP) is 3.29. The number of thioether (sulfide) groups is 1. The Kier molecular flexibility index (Phi) is 5.66. The number of carbonyl (C=O) groups is 2. The second-order valence-corrected chi connectivity index (χ2v) is 6.74. The van der Waals surface area contributed by atoms with Crippen LogP contribution in [0.15, 0.2) is 29.2 Å². The van der Waals surface area contributed by atoms with E-state index in [1.54, 1.807) is 0 Å². The van der Waals surface area contributed by atoms with Gasteiger partial charge in [0.1, 0.15) is 6.04 Å². The number of hydrogen-bond acceptors (Lipinski definition) is 4. The second-order valence-electron chi connectivity index (χ2n) is 5.50. The van der Waals surface area contributed by atoms with Crippen LogP contribution in [0.1, 0.15) is 16.8 Å². The first kappa shape index (κ1) is 21.3. The molecule has 0 bridgehead atoms. The number of nitrogens with one attached hydrogen (secondary N) is 1. The quantitative estimate of drug-likeness (QED) is 0.340. The molecule has 2 amide bonds. The van der Waals surface area contributed by atoms with Crippen LogP contribution < -0.4 is 5.48 Å². The minimum Gasteiger partial charge on any atom is -0.326 e. The number of amides is 2. The third-order valence-corrected chi connectivity index (χ3v) is 5.00. The lowest BCUT2D eigenvalue weighted by Gasteiger charge is -2.39. The van der Waals surface area contributed by atoms with E-state index in [1.807, 2.05) is 0 Å². The van der Waals surface area contributed by atoms with Crippen molar-refractivity contribution in [2.75, 3.05) is 6.54 Å². The van der Waals surface area contributed by atoms with Crippen molar-refractivity contribution >= 4 is 23.6 Å². The molecule has 13 heteroatoms. The monoisotopic (exact) mass is 420 g/mol. The second kappa shape index (κ2) is 7.19. The molecule has 1 aliphatic rings. The zero-order valence-corrected chi connectivity index (χ0v) is 13.9. The summed E-state index contributed by atoms with van der Waals surface area (Å²) >= 11 is -1.12. The van der Waals surface area contributed by atoms with E-state index < -0.39 is 51.9 Å². The molecule has 1 aromatic carbocycles. The Bertz CT molecular complexity index is 724. The summed E-state index contributed by atoms with van der Waals surface area (Å²) in [6.45, 7) is 0.0897. The third-order valence-electron chi connectivity index (χ3n) is 3.76. The average molecular weight is 420 g/mol. The molecule has 2 N–H and O–H groups in total. The number of carbonyl (C=O) groups excluding carboxylic acids is 2. The van der Waals surface area contributed by atoms with E-state index in [1.165, 1.54) is 5.48 Å². The van der Waals surface area contributed by atoms with Gasteiger partial charge in [0.15, 0.2) is 0 Å². The summed E-state index contributed by atoms with van der Waals surface area (Å²) in [5, 5.41) is 3.01. The van der Waals surface area contributed by atoms with E-state index in [-0.39, 0.29) is 18.5 Å². The number of nitrogens with zero attached hydrogens (tertiary/aromatic N) is 1. The van der Waals surface area contributed by atoms with E-state index in [9.17, 15) is 40.3 Å². The Balaban J connectivity index is 2.27.